The highest BCUT2D eigenvalue weighted by atomic mass is 16.5. The van der Waals surface area contributed by atoms with Crippen LogP contribution < -0.4 is 5.32 Å². The fourth-order valence-electron chi connectivity index (χ4n) is 2.42. The largest absolute Gasteiger partial charge is 0.460 e. The van der Waals surface area contributed by atoms with E-state index in [4.69, 9.17) is 4.74 Å². The van der Waals surface area contributed by atoms with Crippen LogP contribution in [0, 0.1) is 0 Å². The van der Waals surface area contributed by atoms with Crippen molar-refractivity contribution in [2.45, 2.75) is 32.4 Å². The first kappa shape index (κ1) is 15.5. The number of benzene rings is 1. The lowest BCUT2D eigenvalue weighted by Gasteiger charge is -2.31. The summed E-state index contributed by atoms with van der Waals surface area (Å²) in [7, 11) is 0. The van der Waals surface area contributed by atoms with Gasteiger partial charge in [0, 0.05) is 26.1 Å². The molecular weight excluding hydrogens is 268 g/mol. The number of amides is 1. The Morgan fingerprint density at radius 3 is 2.52 bits per heavy atom. The molecule has 0 bridgehead atoms. The predicted octanol–water partition coefficient (Wildman–Crippen LogP) is 1.33. The summed E-state index contributed by atoms with van der Waals surface area (Å²) in [6.45, 7) is 3.63. The first-order valence-corrected chi connectivity index (χ1v) is 7.33. The third-order valence-electron chi connectivity index (χ3n) is 3.72. The fourth-order valence-corrected chi connectivity index (χ4v) is 2.42. The average Bonchev–Trinajstić information content (AvgIpc) is 2.52. The minimum atomic E-state index is -0.243. The van der Waals surface area contributed by atoms with E-state index in [1.165, 1.54) is 0 Å². The number of nitrogens with zero attached hydrogens (tertiary/aromatic N) is 1. The smallest absolute Gasteiger partial charge is 0.320 e. The maximum Gasteiger partial charge on any atom is 0.320 e. The molecule has 0 atom stereocenters. The summed E-state index contributed by atoms with van der Waals surface area (Å²) in [5.41, 5.74) is 0.987. The van der Waals surface area contributed by atoms with Crippen LogP contribution in [0.4, 0.5) is 0 Å². The molecule has 0 saturated carbocycles. The van der Waals surface area contributed by atoms with Crippen LogP contribution in [0.1, 0.15) is 25.3 Å². The van der Waals surface area contributed by atoms with E-state index in [-0.39, 0.29) is 24.5 Å². The van der Waals surface area contributed by atoms with Crippen molar-refractivity contribution in [1.29, 1.82) is 0 Å². The molecule has 1 amide bonds. The third-order valence-corrected chi connectivity index (χ3v) is 3.72. The Bertz CT molecular complexity index is 468. The first-order chi connectivity index (χ1) is 10.1. The molecule has 1 saturated heterocycles. The van der Waals surface area contributed by atoms with Crippen LogP contribution in [0.15, 0.2) is 30.3 Å². The lowest BCUT2D eigenvalue weighted by molar-refractivity contribution is -0.144. The van der Waals surface area contributed by atoms with Gasteiger partial charge >= 0.3 is 5.97 Å². The van der Waals surface area contributed by atoms with Crippen LogP contribution in [0.5, 0.6) is 0 Å². The zero-order valence-electron chi connectivity index (χ0n) is 12.4. The number of nitrogens with one attached hydrogen (secondary N) is 1. The van der Waals surface area contributed by atoms with Gasteiger partial charge in [0.15, 0.2) is 0 Å². The summed E-state index contributed by atoms with van der Waals surface area (Å²) < 4.78 is 5.21. The maximum absolute atomic E-state index is 11.7. The van der Waals surface area contributed by atoms with E-state index in [9.17, 15) is 9.59 Å². The Hall–Kier alpha value is -1.88. The number of likely N-dealkylation sites (tertiary alicyclic amines) is 1. The third kappa shape index (κ3) is 5.19. The van der Waals surface area contributed by atoms with Crippen LogP contribution in [-0.4, -0.2) is 42.5 Å². The molecule has 0 aliphatic carbocycles. The van der Waals surface area contributed by atoms with E-state index in [0.29, 0.717) is 6.61 Å². The van der Waals surface area contributed by atoms with Crippen molar-refractivity contribution in [3.63, 3.8) is 0 Å². The lowest BCUT2D eigenvalue weighted by atomic mass is 10.1. The molecule has 1 aromatic rings. The van der Waals surface area contributed by atoms with Gasteiger partial charge in [0.25, 0.3) is 0 Å². The van der Waals surface area contributed by atoms with Gasteiger partial charge < -0.3 is 15.0 Å². The van der Waals surface area contributed by atoms with Gasteiger partial charge in [-0.1, -0.05) is 30.3 Å². The Balaban J connectivity index is 1.62. The molecule has 1 aliphatic heterocycles. The van der Waals surface area contributed by atoms with E-state index in [2.05, 4.69) is 5.32 Å². The Morgan fingerprint density at radius 2 is 1.90 bits per heavy atom. The fraction of sp³-hybridized carbons (Fsp3) is 0.500. The Morgan fingerprint density at radius 1 is 1.24 bits per heavy atom. The van der Waals surface area contributed by atoms with E-state index >= 15 is 0 Å². The molecular formula is C16H22N2O3. The number of rotatable bonds is 5. The predicted molar refractivity (Wildman–Crippen MR) is 79.5 cm³/mol. The second-order valence-electron chi connectivity index (χ2n) is 5.31. The summed E-state index contributed by atoms with van der Waals surface area (Å²) >= 11 is 0. The standard InChI is InChI=1S/C16H22N2O3/c1-13(19)18-9-7-15(8-10-18)17-11-16(20)21-12-14-5-3-2-4-6-14/h2-6,15,17H,7-12H2,1H3. The molecule has 21 heavy (non-hydrogen) atoms. The summed E-state index contributed by atoms with van der Waals surface area (Å²) in [5, 5.41) is 3.20. The number of hydrogen-bond donors (Lipinski definition) is 1. The minimum Gasteiger partial charge on any atom is -0.460 e. The summed E-state index contributed by atoms with van der Waals surface area (Å²) in [5.74, 6) is -0.122. The molecule has 1 heterocycles. The van der Waals surface area contributed by atoms with Gasteiger partial charge in [-0.05, 0) is 18.4 Å². The van der Waals surface area contributed by atoms with Crippen LogP contribution >= 0.6 is 0 Å². The molecule has 0 spiro atoms. The SMILES string of the molecule is CC(=O)N1CCC(NCC(=O)OCc2ccccc2)CC1. The molecule has 1 aliphatic rings. The number of carbonyl (C=O) groups is 2. The van der Waals surface area contributed by atoms with Gasteiger partial charge in [-0.2, -0.15) is 0 Å². The van der Waals surface area contributed by atoms with Crippen molar-refractivity contribution in [3.05, 3.63) is 35.9 Å². The number of carbonyl (C=O) groups excluding carboxylic acids is 2. The number of esters is 1. The van der Waals surface area contributed by atoms with E-state index in [0.717, 1.165) is 31.5 Å². The first-order valence-electron chi connectivity index (χ1n) is 7.33. The van der Waals surface area contributed by atoms with Crippen LogP contribution in [0.2, 0.25) is 0 Å². The van der Waals surface area contributed by atoms with Gasteiger partial charge in [0.05, 0.1) is 6.54 Å². The molecule has 0 unspecified atom stereocenters. The van der Waals surface area contributed by atoms with Crippen molar-refractivity contribution in [2.75, 3.05) is 19.6 Å². The normalized spacial score (nSPS) is 15.8. The van der Waals surface area contributed by atoms with E-state index in [1.807, 2.05) is 35.2 Å². The van der Waals surface area contributed by atoms with Gasteiger partial charge in [0.2, 0.25) is 5.91 Å². The van der Waals surface area contributed by atoms with Crippen molar-refractivity contribution in [2.24, 2.45) is 0 Å². The van der Waals surface area contributed by atoms with Gasteiger partial charge in [0.1, 0.15) is 6.61 Å². The number of ether oxygens (including phenoxy) is 1. The van der Waals surface area contributed by atoms with Crippen LogP contribution in [0.25, 0.3) is 0 Å². The topological polar surface area (TPSA) is 58.6 Å². The minimum absolute atomic E-state index is 0.121. The molecule has 2 rings (SSSR count). The zero-order chi connectivity index (χ0) is 15.1. The van der Waals surface area contributed by atoms with Crippen molar-refractivity contribution >= 4 is 11.9 Å². The second kappa shape index (κ2) is 7.78. The highest BCUT2D eigenvalue weighted by Gasteiger charge is 2.20. The quantitative estimate of drug-likeness (QED) is 0.831. The molecule has 1 N–H and O–H groups in total. The molecule has 5 heteroatoms. The molecule has 1 aromatic carbocycles. The molecule has 1 fully saturated rings. The summed E-state index contributed by atoms with van der Waals surface area (Å²) in [6.07, 6.45) is 1.76. The summed E-state index contributed by atoms with van der Waals surface area (Å²) in [6, 6.07) is 9.91. The lowest BCUT2D eigenvalue weighted by Crippen LogP contribution is -2.45. The maximum atomic E-state index is 11.7. The van der Waals surface area contributed by atoms with Crippen molar-refractivity contribution in [3.8, 4) is 0 Å². The zero-order valence-corrected chi connectivity index (χ0v) is 12.4. The Labute approximate surface area is 125 Å². The van der Waals surface area contributed by atoms with Crippen molar-refractivity contribution < 1.29 is 14.3 Å². The molecule has 0 aromatic heterocycles. The van der Waals surface area contributed by atoms with E-state index in [1.54, 1.807) is 6.92 Å². The highest BCUT2D eigenvalue weighted by molar-refractivity contribution is 5.73. The van der Waals surface area contributed by atoms with Crippen molar-refractivity contribution in [1.82, 2.24) is 10.2 Å². The number of piperidine rings is 1. The molecule has 0 radical (unpaired) electrons. The monoisotopic (exact) mass is 290 g/mol. The van der Waals surface area contributed by atoms with Crippen LogP contribution in [0.3, 0.4) is 0 Å². The molecule has 114 valence electrons. The highest BCUT2D eigenvalue weighted by Crippen LogP contribution is 2.10. The molecule has 5 nitrogen and oxygen atoms in total. The number of hydrogen-bond acceptors (Lipinski definition) is 4. The van der Waals surface area contributed by atoms with E-state index < -0.39 is 0 Å². The van der Waals surface area contributed by atoms with Gasteiger partial charge in [-0.3, -0.25) is 9.59 Å². The average molecular weight is 290 g/mol. The summed E-state index contributed by atoms with van der Waals surface area (Å²) in [4.78, 5) is 24.7. The second-order valence-corrected chi connectivity index (χ2v) is 5.31. The van der Waals surface area contributed by atoms with Gasteiger partial charge in [-0.15, -0.1) is 0 Å². The van der Waals surface area contributed by atoms with Gasteiger partial charge in [-0.25, -0.2) is 0 Å². The Kier molecular flexibility index (Phi) is 5.75. The van der Waals surface area contributed by atoms with Crippen LogP contribution in [-0.2, 0) is 20.9 Å².